The highest BCUT2D eigenvalue weighted by Gasteiger charge is 2.20. The Morgan fingerprint density at radius 3 is 2.87 bits per heavy atom. The van der Waals surface area contributed by atoms with Crippen LogP contribution in [0.25, 0.3) is 0 Å². The zero-order valence-electron chi connectivity index (χ0n) is 9.67. The minimum atomic E-state index is 0.110. The van der Waals surface area contributed by atoms with Gasteiger partial charge in [0.05, 0.1) is 11.9 Å². The summed E-state index contributed by atoms with van der Waals surface area (Å²) in [6.45, 7) is 6.96. The highest BCUT2D eigenvalue weighted by Crippen LogP contribution is 2.11. The Balaban J connectivity index is 2.40. The van der Waals surface area contributed by atoms with E-state index in [0.717, 1.165) is 18.9 Å². The van der Waals surface area contributed by atoms with Gasteiger partial charge >= 0.3 is 0 Å². The van der Waals surface area contributed by atoms with Gasteiger partial charge in [-0.15, -0.1) is 0 Å². The molecule has 0 saturated heterocycles. The number of guanidine groups is 1. The maximum atomic E-state index is 7.32. The number of hydrogen-bond donors (Lipinski definition) is 4. The van der Waals surface area contributed by atoms with Crippen LogP contribution in [0.2, 0.25) is 0 Å². The van der Waals surface area contributed by atoms with Gasteiger partial charge in [-0.05, 0) is 20.3 Å². The Morgan fingerprint density at radius 2 is 2.33 bits per heavy atom. The molecule has 5 heteroatoms. The molecule has 0 aromatic rings. The van der Waals surface area contributed by atoms with E-state index < -0.39 is 0 Å². The molecular formula is C10H21N5. The predicted molar refractivity (Wildman–Crippen MR) is 63.2 cm³/mol. The van der Waals surface area contributed by atoms with Crippen LogP contribution in [-0.4, -0.2) is 30.4 Å². The molecule has 0 fully saturated rings. The van der Waals surface area contributed by atoms with Crippen molar-refractivity contribution in [2.45, 2.75) is 39.3 Å². The van der Waals surface area contributed by atoms with E-state index in [1.165, 1.54) is 0 Å². The molecule has 0 aromatic heterocycles. The number of nitrogens with zero attached hydrogens (tertiary/aromatic N) is 1. The fraction of sp³-hybridized carbons (Fsp3) is 0.800. The summed E-state index contributed by atoms with van der Waals surface area (Å²) in [7, 11) is 0. The van der Waals surface area contributed by atoms with E-state index in [9.17, 15) is 0 Å². The highest BCUT2D eigenvalue weighted by molar-refractivity contribution is 5.82. The third kappa shape index (κ3) is 3.77. The smallest absolute Gasteiger partial charge is 0.191 e. The van der Waals surface area contributed by atoms with E-state index >= 15 is 0 Å². The molecule has 2 unspecified atom stereocenters. The standard InChI is InChI=1S/C10H21N5/c1-6(2)14-10-13-5-8(15-10)4-7(3)9(11)12/h6-8H,4-5H2,1-3H3,(H3,11,12)(H2,13,14,15). The lowest BCUT2D eigenvalue weighted by atomic mass is 10.0. The van der Waals surface area contributed by atoms with Gasteiger partial charge in [-0.3, -0.25) is 5.41 Å². The Labute approximate surface area is 91.0 Å². The number of rotatable bonds is 4. The molecular weight excluding hydrogens is 190 g/mol. The summed E-state index contributed by atoms with van der Waals surface area (Å²) >= 11 is 0. The maximum Gasteiger partial charge on any atom is 0.191 e. The van der Waals surface area contributed by atoms with Crippen molar-refractivity contribution in [3.05, 3.63) is 0 Å². The summed E-state index contributed by atoms with van der Waals surface area (Å²) in [6, 6.07) is 0.630. The minimum absolute atomic E-state index is 0.110. The van der Waals surface area contributed by atoms with Crippen molar-refractivity contribution >= 4 is 11.8 Å². The van der Waals surface area contributed by atoms with Gasteiger partial charge in [0, 0.05) is 18.5 Å². The van der Waals surface area contributed by atoms with Crippen molar-refractivity contribution in [1.82, 2.24) is 10.6 Å². The summed E-state index contributed by atoms with van der Waals surface area (Å²) in [4.78, 5) is 4.49. The first-order valence-corrected chi connectivity index (χ1v) is 5.41. The van der Waals surface area contributed by atoms with E-state index in [4.69, 9.17) is 11.1 Å². The molecule has 1 rings (SSSR count). The first kappa shape index (κ1) is 11.8. The van der Waals surface area contributed by atoms with E-state index in [1.54, 1.807) is 0 Å². The van der Waals surface area contributed by atoms with Crippen LogP contribution in [0.15, 0.2) is 4.99 Å². The van der Waals surface area contributed by atoms with Crippen LogP contribution in [0, 0.1) is 11.3 Å². The SMILES string of the molecule is CC(C)NC1=NC(CC(C)C(=N)N)CN1. The summed E-state index contributed by atoms with van der Waals surface area (Å²) in [6.07, 6.45) is 0.839. The zero-order valence-corrected chi connectivity index (χ0v) is 9.67. The van der Waals surface area contributed by atoms with Crippen LogP contribution in [0.5, 0.6) is 0 Å². The van der Waals surface area contributed by atoms with Crippen molar-refractivity contribution in [2.24, 2.45) is 16.6 Å². The summed E-state index contributed by atoms with van der Waals surface area (Å²) in [5, 5.41) is 13.8. The maximum absolute atomic E-state index is 7.32. The van der Waals surface area contributed by atoms with Gasteiger partial charge in [0.2, 0.25) is 0 Å². The summed E-state index contributed by atoms with van der Waals surface area (Å²) in [5.41, 5.74) is 5.43. The lowest BCUT2D eigenvalue weighted by Gasteiger charge is -2.11. The predicted octanol–water partition coefficient (Wildman–Crippen LogP) is 0.274. The van der Waals surface area contributed by atoms with Gasteiger partial charge in [0.1, 0.15) is 0 Å². The lowest BCUT2D eigenvalue weighted by molar-refractivity contribution is 0.563. The van der Waals surface area contributed by atoms with Crippen LogP contribution in [0.4, 0.5) is 0 Å². The Bertz CT molecular complexity index is 259. The number of amidine groups is 1. The quantitative estimate of drug-likeness (QED) is 0.398. The van der Waals surface area contributed by atoms with Crippen molar-refractivity contribution in [3.63, 3.8) is 0 Å². The molecule has 0 saturated carbocycles. The second-order valence-corrected chi connectivity index (χ2v) is 4.40. The molecule has 5 nitrogen and oxygen atoms in total. The van der Waals surface area contributed by atoms with Crippen molar-refractivity contribution in [1.29, 1.82) is 5.41 Å². The molecule has 1 heterocycles. The van der Waals surface area contributed by atoms with E-state index in [1.807, 2.05) is 6.92 Å². The van der Waals surface area contributed by atoms with Gasteiger partial charge in [-0.1, -0.05) is 6.92 Å². The number of aliphatic imine (C=N–C) groups is 1. The average molecular weight is 211 g/mol. The van der Waals surface area contributed by atoms with Crippen molar-refractivity contribution in [3.8, 4) is 0 Å². The largest absolute Gasteiger partial charge is 0.387 e. The normalized spacial score (nSPS) is 22.1. The van der Waals surface area contributed by atoms with E-state index in [2.05, 4.69) is 29.5 Å². The first-order valence-electron chi connectivity index (χ1n) is 5.41. The number of nitrogens with one attached hydrogen (secondary N) is 3. The Morgan fingerprint density at radius 1 is 1.67 bits per heavy atom. The van der Waals surface area contributed by atoms with Gasteiger partial charge in [-0.25, -0.2) is 4.99 Å². The van der Waals surface area contributed by atoms with Gasteiger partial charge < -0.3 is 16.4 Å². The number of hydrogen-bond acceptors (Lipinski definition) is 4. The van der Waals surface area contributed by atoms with E-state index in [-0.39, 0.29) is 17.8 Å². The second-order valence-electron chi connectivity index (χ2n) is 4.40. The fourth-order valence-corrected chi connectivity index (χ4v) is 1.52. The molecule has 0 aromatic carbocycles. The van der Waals surface area contributed by atoms with Crippen LogP contribution in [0.1, 0.15) is 27.2 Å². The third-order valence-corrected chi connectivity index (χ3v) is 2.40. The minimum Gasteiger partial charge on any atom is -0.387 e. The van der Waals surface area contributed by atoms with Crippen LogP contribution in [0.3, 0.4) is 0 Å². The molecule has 5 N–H and O–H groups in total. The van der Waals surface area contributed by atoms with Gasteiger partial charge in [0.15, 0.2) is 5.96 Å². The molecule has 0 spiro atoms. The molecule has 0 bridgehead atoms. The monoisotopic (exact) mass is 211 g/mol. The average Bonchev–Trinajstić information content (AvgIpc) is 2.51. The topological polar surface area (TPSA) is 86.3 Å². The Kier molecular flexibility index (Phi) is 3.94. The van der Waals surface area contributed by atoms with Crippen LogP contribution in [-0.2, 0) is 0 Å². The molecule has 2 atom stereocenters. The molecule has 0 radical (unpaired) electrons. The fourth-order valence-electron chi connectivity index (χ4n) is 1.52. The zero-order chi connectivity index (χ0) is 11.4. The summed E-state index contributed by atoms with van der Waals surface area (Å²) in [5.74, 6) is 1.22. The Hall–Kier alpha value is -1.26. The lowest BCUT2D eigenvalue weighted by Crippen LogP contribution is -2.38. The molecule has 0 aliphatic carbocycles. The van der Waals surface area contributed by atoms with Gasteiger partial charge in [0.25, 0.3) is 0 Å². The van der Waals surface area contributed by atoms with Crippen LogP contribution >= 0.6 is 0 Å². The second kappa shape index (κ2) is 5.00. The molecule has 15 heavy (non-hydrogen) atoms. The molecule has 1 aliphatic rings. The molecule has 86 valence electrons. The molecule has 1 aliphatic heterocycles. The molecule has 0 amide bonds. The van der Waals surface area contributed by atoms with Crippen molar-refractivity contribution in [2.75, 3.05) is 6.54 Å². The third-order valence-electron chi connectivity index (χ3n) is 2.40. The van der Waals surface area contributed by atoms with Gasteiger partial charge in [-0.2, -0.15) is 0 Å². The summed E-state index contributed by atoms with van der Waals surface area (Å²) < 4.78 is 0. The van der Waals surface area contributed by atoms with E-state index in [0.29, 0.717) is 6.04 Å². The number of nitrogens with two attached hydrogens (primary N) is 1. The first-order chi connectivity index (χ1) is 6.99. The van der Waals surface area contributed by atoms with Crippen LogP contribution < -0.4 is 16.4 Å². The highest BCUT2D eigenvalue weighted by atomic mass is 15.2. The van der Waals surface area contributed by atoms with Crippen molar-refractivity contribution < 1.29 is 0 Å².